The van der Waals surface area contributed by atoms with E-state index in [1.807, 2.05) is 43.3 Å². The Kier molecular flexibility index (Phi) is 5.41. The number of aryl methyl sites for hydroxylation is 1. The van der Waals surface area contributed by atoms with Crippen molar-refractivity contribution in [1.82, 2.24) is 14.5 Å². The fraction of sp³-hybridized carbons (Fsp3) is 0.364. The van der Waals surface area contributed by atoms with Gasteiger partial charge in [-0.1, -0.05) is 17.7 Å². The van der Waals surface area contributed by atoms with Crippen molar-refractivity contribution in [3.63, 3.8) is 0 Å². The van der Waals surface area contributed by atoms with Gasteiger partial charge in [0.25, 0.3) is 5.91 Å². The molecule has 146 valence electrons. The van der Waals surface area contributed by atoms with E-state index in [0.29, 0.717) is 5.56 Å². The summed E-state index contributed by atoms with van der Waals surface area (Å²) in [4.78, 5) is 19.7. The maximum Gasteiger partial charge on any atom is 0.255 e. The quantitative estimate of drug-likeness (QED) is 0.668. The molecule has 0 saturated heterocycles. The number of methoxy groups -OCH3 is 1. The fourth-order valence-electron chi connectivity index (χ4n) is 3.68. The van der Waals surface area contributed by atoms with E-state index in [9.17, 15) is 4.79 Å². The molecule has 1 aromatic heterocycles. The van der Waals surface area contributed by atoms with Gasteiger partial charge in [0.2, 0.25) is 0 Å². The van der Waals surface area contributed by atoms with Gasteiger partial charge in [0.15, 0.2) is 0 Å². The molecule has 1 aliphatic rings. The summed E-state index contributed by atoms with van der Waals surface area (Å²) in [5, 5.41) is 2.98. The van der Waals surface area contributed by atoms with E-state index < -0.39 is 0 Å². The molecule has 0 atom stereocenters. The maximum absolute atomic E-state index is 12.5. The first-order chi connectivity index (χ1) is 13.6. The maximum atomic E-state index is 12.5. The van der Waals surface area contributed by atoms with Crippen LogP contribution in [0.2, 0.25) is 0 Å². The van der Waals surface area contributed by atoms with Gasteiger partial charge < -0.3 is 14.6 Å². The minimum atomic E-state index is -0.104. The Morgan fingerprint density at radius 1 is 1.18 bits per heavy atom. The normalized spacial score (nSPS) is 14.2. The highest BCUT2D eigenvalue weighted by atomic mass is 16.5. The summed E-state index contributed by atoms with van der Waals surface area (Å²) in [6.07, 6.45) is 1.03. The molecule has 28 heavy (non-hydrogen) atoms. The Morgan fingerprint density at radius 2 is 2.00 bits per heavy atom. The Balaban J connectivity index is 1.49. The van der Waals surface area contributed by atoms with Gasteiger partial charge >= 0.3 is 0 Å². The number of ether oxygens (including phenoxy) is 1. The van der Waals surface area contributed by atoms with Gasteiger partial charge in [0.1, 0.15) is 5.82 Å². The molecular weight excluding hydrogens is 352 g/mol. The van der Waals surface area contributed by atoms with Crippen molar-refractivity contribution >= 4 is 22.6 Å². The second kappa shape index (κ2) is 8.12. The number of nitrogens with zero attached hydrogens (tertiary/aromatic N) is 3. The van der Waals surface area contributed by atoms with Crippen LogP contribution in [0.5, 0.6) is 0 Å². The molecule has 1 N–H and O–H groups in total. The number of amides is 1. The Hall–Kier alpha value is -2.70. The monoisotopic (exact) mass is 378 g/mol. The standard InChI is InChI=1S/C22H26N4O2/c1-16-4-6-17(7-5-16)22(27)23-18-8-9-20-19(14-18)24-21-15-25(10-3-13-28-2)11-12-26(20)21/h4-9,14H,3,10-13,15H2,1-2H3,(H,23,27). The molecular formula is C22H26N4O2. The van der Waals surface area contributed by atoms with Crippen molar-refractivity contribution in [2.75, 3.05) is 32.1 Å². The number of hydrogen-bond acceptors (Lipinski definition) is 4. The largest absolute Gasteiger partial charge is 0.385 e. The van der Waals surface area contributed by atoms with E-state index in [-0.39, 0.29) is 5.91 Å². The minimum absolute atomic E-state index is 0.104. The lowest BCUT2D eigenvalue weighted by atomic mass is 10.1. The van der Waals surface area contributed by atoms with Gasteiger partial charge in [-0.05, 0) is 43.7 Å². The Morgan fingerprint density at radius 3 is 2.79 bits per heavy atom. The molecule has 2 aromatic carbocycles. The zero-order chi connectivity index (χ0) is 19.5. The lowest BCUT2D eigenvalue weighted by molar-refractivity contribution is 0.102. The number of carbonyl (C=O) groups excluding carboxylic acids is 1. The molecule has 0 radical (unpaired) electrons. The average molecular weight is 378 g/mol. The summed E-state index contributed by atoms with van der Waals surface area (Å²) >= 11 is 0. The van der Waals surface area contributed by atoms with Crippen LogP contribution in [0.25, 0.3) is 11.0 Å². The SMILES string of the molecule is COCCCN1CCn2c(nc3cc(NC(=O)c4ccc(C)cc4)ccc32)C1. The van der Waals surface area contributed by atoms with Crippen molar-refractivity contribution in [2.45, 2.75) is 26.4 Å². The minimum Gasteiger partial charge on any atom is -0.385 e. The zero-order valence-electron chi connectivity index (χ0n) is 16.4. The molecule has 1 aliphatic heterocycles. The average Bonchev–Trinajstić information content (AvgIpc) is 3.05. The number of hydrogen-bond donors (Lipinski definition) is 1. The molecule has 0 spiro atoms. The summed E-state index contributed by atoms with van der Waals surface area (Å²) < 4.78 is 7.44. The van der Waals surface area contributed by atoms with Gasteiger partial charge in [-0.3, -0.25) is 9.69 Å². The van der Waals surface area contributed by atoms with Crippen LogP contribution in [-0.2, 0) is 17.8 Å². The second-order valence-corrected chi connectivity index (χ2v) is 7.33. The highest BCUT2D eigenvalue weighted by molar-refractivity contribution is 6.05. The van der Waals surface area contributed by atoms with Crippen LogP contribution in [-0.4, -0.2) is 47.2 Å². The number of benzene rings is 2. The van der Waals surface area contributed by atoms with Gasteiger partial charge in [0, 0.05) is 44.6 Å². The topological polar surface area (TPSA) is 59.4 Å². The molecule has 0 bridgehead atoms. The van der Waals surface area contributed by atoms with E-state index >= 15 is 0 Å². The molecule has 6 nitrogen and oxygen atoms in total. The van der Waals surface area contributed by atoms with E-state index in [1.165, 1.54) is 0 Å². The molecule has 1 amide bonds. The summed E-state index contributed by atoms with van der Waals surface area (Å²) in [6.45, 7) is 6.63. The number of carbonyl (C=O) groups is 1. The molecule has 0 aliphatic carbocycles. The summed E-state index contributed by atoms with van der Waals surface area (Å²) in [6, 6.07) is 13.5. The first kappa shape index (κ1) is 18.7. The molecule has 2 heterocycles. The van der Waals surface area contributed by atoms with Crippen molar-refractivity contribution in [1.29, 1.82) is 0 Å². The van der Waals surface area contributed by atoms with Gasteiger partial charge in [-0.15, -0.1) is 0 Å². The third-order valence-corrected chi connectivity index (χ3v) is 5.23. The highest BCUT2D eigenvalue weighted by Gasteiger charge is 2.20. The third-order valence-electron chi connectivity index (χ3n) is 5.23. The van der Waals surface area contributed by atoms with Crippen LogP contribution in [0.1, 0.15) is 28.2 Å². The van der Waals surface area contributed by atoms with Crippen molar-refractivity contribution in [3.05, 3.63) is 59.4 Å². The predicted molar refractivity (Wildman–Crippen MR) is 111 cm³/mol. The van der Waals surface area contributed by atoms with Crippen LogP contribution in [0.15, 0.2) is 42.5 Å². The lowest BCUT2D eigenvalue weighted by Gasteiger charge is -2.27. The first-order valence-electron chi connectivity index (χ1n) is 9.72. The van der Waals surface area contributed by atoms with Gasteiger partial charge in [0.05, 0.1) is 17.6 Å². The summed E-state index contributed by atoms with van der Waals surface area (Å²) in [5.74, 6) is 0.980. The highest BCUT2D eigenvalue weighted by Crippen LogP contribution is 2.24. The molecule has 0 unspecified atom stereocenters. The number of nitrogens with one attached hydrogen (secondary N) is 1. The second-order valence-electron chi connectivity index (χ2n) is 7.33. The molecule has 0 saturated carbocycles. The van der Waals surface area contributed by atoms with Crippen molar-refractivity contribution in [3.8, 4) is 0 Å². The van der Waals surface area contributed by atoms with Crippen LogP contribution in [0.4, 0.5) is 5.69 Å². The number of aromatic nitrogens is 2. The van der Waals surface area contributed by atoms with Crippen molar-refractivity contribution < 1.29 is 9.53 Å². The molecule has 0 fully saturated rings. The van der Waals surface area contributed by atoms with Crippen LogP contribution in [0.3, 0.4) is 0 Å². The van der Waals surface area contributed by atoms with Gasteiger partial charge in [-0.25, -0.2) is 4.98 Å². The van der Waals surface area contributed by atoms with Crippen LogP contribution in [0, 0.1) is 6.92 Å². The van der Waals surface area contributed by atoms with Crippen LogP contribution >= 0.6 is 0 Å². The number of fused-ring (bicyclic) bond motifs is 3. The Bertz CT molecular complexity index is 978. The van der Waals surface area contributed by atoms with Gasteiger partial charge in [-0.2, -0.15) is 0 Å². The molecule has 4 rings (SSSR count). The predicted octanol–water partition coefficient (Wildman–Crippen LogP) is 3.45. The van der Waals surface area contributed by atoms with E-state index in [2.05, 4.69) is 20.9 Å². The number of anilines is 1. The van der Waals surface area contributed by atoms with E-state index in [4.69, 9.17) is 9.72 Å². The number of rotatable bonds is 6. The third kappa shape index (κ3) is 3.93. The molecule has 3 aromatic rings. The first-order valence-corrected chi connectivity index (χ1v) is 9.72. The lowest BCUT2D eigenvalue weighted by Crippen LogP contribution is -2.34. The van der Waals surface area contributed by atoms with E-state index in [0.717, 1.165) is 67.3 Å². The summed E-state index contributed by atoms with van der Waals surface area (Å²) in [5.41, 5.74) is 4.61. The zero-order valence-corrected chi connectivity index (χ0v) is 16.4. The number of imidazole rings is 1. The summed E-state index contributed by atoms with van der Waals surface area (Å²) in [7, 11) is 1.74. The van der Waals surface area contributed by atoms with E-state index in [1.54, 1.807) is 7.11 Å². The molecule has 6 heteroatoms. The fourth-order valence-corrected chi connectivity index (χ4v) is 3.68. The van der Waals surface area contributed by atoms with Crippen molar-refractivity contribution in [2.24, 2.45) is 0 Å². The van der Waals surface area contributed by atoms with Crippen LogP contribution < -0.4 is 5.32 Å². The smallest absolute Gasteiger partial charge is 0.255 e. The Labute approximate surface area is 165 Å².